The third kappa shape index (κ3) is 4.18. The Hall–Kier alpha value is -2.90. The SMILES string of the molecule is COc1ccccc1C1CCN(c2nc(C3CC3)nc3ccc(N(C)CCO)c(Cl)c23)C(=O)C1. The summed E-state index contributed by atoms with van der Waals surface area (Å²) in [5, 5.41) is 10.6. The van der Waals surface area contributed by atoms with Crippen molar-refractivity contribution in [1.29, 1.82) is 0 Å². The lowest BCUT2D eigenvalue weighted by Crippen LogP contribution is -2.39. The second-order valence-corrected chi connectivity index (χ2v) is 9.47. The quantitative estimate of drug-likeness (QED) is 0.536. The zero-order valence-corrected chi connectivity index (χ0v) is 20.3. The molecule has 178 valence electrons. The highest BCUT2D eigenvalue weighted by molar-refractivity contribution is 6.39. The van der Waals surface area contributed by atoms with Crippen LogP contribution in [0.25, 0.3) is 10.9 Å². The molecule has 1 unspecified atom stereocenters. The Bertz CT molecular complexity index is 1230. The van der Waals surface area contributed by atoms with Crippen molar-refractivity contribution in [3.8, 4) is 5.75 Å². The molecule has 1 amide bonds. The first-order valence-electron chi connectivity index (χ1n) is 11.8. The Morgan fingerprint density at radius 3 is 2.65 bits per heavy atom. The summed E-state index contributed by atoms with van der Waals surface area (Å²) < 4.78 is 5.54. The standard InChI is InChI=1S/C26H29ClN4O3/c1-30(13-14-32)20-10-9-19-23(24(20)27)26(29-25(28-19)16-7-8-16)31-12-11-17(15-22(31)33)18-5-3-4-6-21(18)34-2/h3-6,9-10,16-17,32H,7-8,11-15H2,1-2H3. The van der Waals surface area contributed by atoms with Gasteiger partial charge in [-0.05, 0) is 48.9 Å². The van der Waals surface area contributed by atoms with E-state index in [2.05, 4.69) is 0 Å². The third-order valence-electron chi connectivity index (χ3n) is 6.83. The van der Waals surface area contributed by atoms with Gasteiger partial charge < -0.3 is 14.7 Å². The number of hydrogen-bond acceptors (Lipinski definition) is 6. The van der Waals surface area contributed by atoms with Gasteiger partial charge in [0.2, 0.25) is 5.91 Å². The van der Waals surface area contributed by atoms with Crippen LogP contribution in [0, 0.1) is 0 Å². The number of likely N-dealkylation sites (N-methyl/N-ethyl adjacent to an activating group) is 1. The maximum atomic E-state index is 13.5. The molecule has 2 aromatic carbocycles. The summed E-state index contributed by atoms with van der Waals surface area (Å²) in [6.07, 6.45) is 3.32. The van der Waals surface area contributed by atoms with E-state index in [-0.39, 0.29) is 18.4 Å². The molecule has 1 saturated carbocycles. The third-order valence-corrected chi connectivity index (χ3v) is 7.21. The molecule has 1 N–H and O–H groups in total. The molecule has 2 heterocycles. The van der Waals surface area contributed by atoms with Crippen LogP contribution >= 0.6 is 11.6 Å². The summed E-state index contributed by atoms with van der Waals surface area (Å²) >= 11 is 6.90. The lowest BCUT2D eigenvalue weighted by molar-refractivity contribution is -0.120. The van der Waals surface area contributed by atoms with Crippen LogP contribution < -0.4 is 14.5 Å². The highest BCUT2D eigenvalue weighted by atomic mass is 35.5. The number of hydrogen-bond donors (Lipinski definition) is 1. The highest BCUT2D eigenvalue weighted by Crippen LogP contribution is 2.44. The summed E-state index contributed by atoms with van der Waals surface area (Å²) in [5.41, 5.74) is 2.59. The van der Waals surface area contributed by atoms with E-state index in [0.29, 0.717) is 41.7 Å². The minimum Gasteiger partial charge on any atom is -0.496 e. The highest BCUT2D eigenvalue weighted by Gasteiger charge is 2.34. The van der Waals surface area contributed by atoms with Crippen LogP contribution in [0.4, 0.5) is 11.5 Å². The number of ether oxygens (including phenoxy) is 1. The molecule has 1 aromatic heterocycles. The van der Waals surface area contributed by atoms with E-state index in [0.717, 1.165) is 47.6 Å². The molecule has 1 aliphatic heterocycles. The number of methoxy groups -OCH3 is 1. The van der Waals surface area contributed by atoms with Gasteiger partial charge in [0.05, 0.1) is 35.3 Å². The number of piperidine rings is 1. The van der Waals surface area contributed by atoms with Crippen LogP contribution in [0.15, 0.2) is 36.4 Å². The van der Waals surface area contributed by atoms with Gasteiger partial charge in [0, 0.05) is 32.5 Å². The van der Waals surface area contributed by atoms with E-state index in [1.54, 1.807) is 12.0 Å². The Balaban J connectivity index is 1.54. The van der Waals surface area contributed by atoms with Gasteiger partial charge in [-0.2, -0.15) is 0 Å². The second-order valence-electron chi connectivity index (χ2n) is 9.09. The fourth-order valence-electron chi connectivity index (χ4n) is 4.78. The number of halogens is 1. The molecule has 0 radical (unpaired) electrons. The number of aliphatic hydroxyl groups excluding tert-OH is 1. The molecule has 3 aromatic rings. The lowest BCUT2D eigenvalue weighted by Gasteiger charge is -2.33. The van der Waals surface area contributed by atoms with Crippen LogP contribution in [-0.2, 0) is 4.79 Å². The topological polar surface area (TPSA) is 78.8 Å². The Labute approximate surface area is 204 Å². The summed E-state index contributed by atoms with van der Waals surface area (Å²) in [6, 6.07) is 11.8. The molecule has 2 fully saturated rings. The van der Waals surface area contributed by atoms with Gasteiger partial charge in [0.15, 0.2) is 0 Å². The molecule has 1 saturated heterocycles. The minimum atomic E-state index is 0.0176. The summed E-state index contributed by atoms with van der Waals surface area (Å²) in [4.78, 5) is 26.9. The Morgan fingerprint density at radius 1 is 1.15 bits per heavy atom. The number of aliphatic hydroxyl groups is 1. The van der Waals surface area contributed by atoms with E-state index in [9.17, 15) is 9.90 Å². The van der Waals surface area contributed by atoms with Crippen molar-refractivity contribution in [2.45, 2.75) is 37.5 Å². The van der Waals surface area contributed by atoms with Crippen molar-refractivity contribution < 1.29 is 14.6 Å². The molecule has 1 aliphatic carbocycles. The predicted octanol–water partition coefficient (Wildman–Crippen LogP) is 4.51. The average Bonchev–Trinajstić information content (AvgIpc) is 3.69. The predicted molar refractivity (Wildman–Crippen MR) is 134 cm³/mol. The molecule has 0 bridgehead atoms. The first-order valence-corrected chi connectivity index (χ1v) is 12.1. The van der Waals surface area contributed by atoms with Crippen LogP contribution in [-0.4, -0.2) is 54.8 Å². The van der Waals surface area contributed by atoms with Crippen molar-refractivity contribution in [3.63, 3.8) is 0 Å². The number of carbonyl (C=O) groups excluding carboxylic acids is 1. The average molecular weight is 481 g/mol. The first kappa shape index (κ1) is 22.9. The number of para-hydroxylation sites is 1. The minimum absolute atomic E-state index is 0.0176. The maximum absolute atomic E-state index is 13.5. The molecule has 34 heavy (non-hydrogen) atoms. The van der Waals surface area contributed by atoms with E-state index in [1.165, 1.54) is 0 Å². The van der Waals surface area contributed by atoms with Gasteiger partial charge in [0.25, 0.3) is 0 Å². The molecule has 8 heteroatoms. The lowest BCUT2D eigenvalue weighted by atomic mass is 9.88. The molecule has 5 rings (SSSR count). The van der Waals surface area contributed by atoms with E-state index in [1.807, 2.05) is 48.3 Å². The zero-order chi connectivity index (χ0) is 23.8. The smallest absolute Gasteiger partial charge is 0.228 e. The summed E-state index contributed by atoms with van der Waals surface area (Å²) in [6.45, 7) is 1.01. The number of carbonyl (C=O) groups is 1. The number of amides is 1. The van der Waals surface area contributed by atoms with Gasteiger partial charge >= 0.3 is 0 Å². The van der Waals surface area contributed by atoms with Crippen molar-refractivity contribution in [3.05, 3.63) is 52.8 Å². The molecule has 0 spiro atoms. The molecule has 1 atom stereocenters. The Kier molecular flexibility index (Phi) is 6.32. The van der Waals surface area contributed by atoms with Crippen molar-refractivity contribution >= 4 is 39.9 Å². The van der Waals surface area contributed by atoms with Gasteiger partial charge in [0.1, 0.15) is 17.4 Å². The molecular weight excluding hydrogens is 452 g/mol. The number of aromatic nitrogens is 2. The van der Waals surface area contributed by atoms with Gasteiger partial charge in [-0.1, -0.05) is 29.8 Å². The van der Waals surface area contributed by atoms with Crippen molar-refractivity contribution in [1.82, 2.24) is 9.97 Å². The van der Waals surface area contributed by atoms with E-state index in [4.69, 9.17) is 26.3 Å². The number of anilines is 2. The fourth-order valence-corrected chi connectivity index (χ4v) is 5.17. The van der Waals surface area contributed by atoms with Crippen LogP contribution in [0.2, 0.25) is 5.02 Å². The molecular formula is C26H29ClN4O3. The number of nitrogens with zero attached hydrogens (tertiary/aromatic N) is 4. The van der Waals surface area contributed by atoms with Gasteiger partial charge in [-0.3, -0.25) is 9.69 Å². The Morgan fingerprint density at radius 2 is 1.94 bits per heavy atom. The fraction of sp³-hybridized carbons (Fsp3) is 0.423. The summed E-state index contributed by atoms with van der Waals surface area (Å²) in [7, 11) is 3.54. The van der Waals surface area contributed by atoms with Crippen molar-refractivity contribution in [2.24, 2.45) is 0 Å². The van der Waals surface area contributed by atoms with Gasteiger partial charge in [-0.25, -0.2) is 9.97 Å². The van der Waals surface area contributed by atoms with E-state index < -0.39 is 0 Å². The van der Waals surface area contributed by atoms with Crippen LogP contribution in [0.5, 0.6) is 5.75 Å². The first-order chi connectivity index (χ1) is 16.5. The monoisotopic (exact) mass is 480 g/mol. The largest absolute Gasteiger partial charge is 0.496 e. The molecule has 7 nitrogen and oxygen atoms in total. The number of rotatable bonds is 7. The van der Waals surface area contributed by atoms with Gasteiger partial charge in [-0.15, -0.1) is 0 Å². The summed E-state index contributed by atoms with van der Waals surface area (Å²) in [5.74, 6) is 2.66. The van der Waals surface area contributed by atoms with E-state index >= 15 is 0 Å². The second kappa shape index (κ2) is 9.39. The van der Waals surface area contributed by atoms with Crippen LogP contribution in [0.3, 0.4) is 0 Å². The normalized spacial score (nSPS) is 18.4. The van der Waals surface area contributed by atoms with Crippen LogP contribution in [0.1, 0.15) is 48.9 Å². The maximum Gasteiger partial charge on any atom is 0.228 e. The molecule has 2 aliphatic rings. The zero-order valence-electron chi connectivity index (χ0n) is 19.5. The van der Waals surface area contributed by atoms with Crippen molar-refractivity contribution in [2.75, 3.05) is 43.7 Å². The number of fused-ring (bicyclic) bond motifs is 1. The number of benzene rings is 2.